The number of rotatable bonds is 5. The average Bonchev–Trinajstić information content (AvgIpc) is 3.14. The predicted molar refractivity (Wildman–Crippen MR) is 123 cm³/mol. The van der Waals surface area contributed by atoms with Crippen molar-refractivity contribution in [1.29, 1.82) is 0 Å². The molecule has 0 bridgehead atoms. The number of hydrogen-bond donors (Lipinski definition) is 2. The Morgan fingerprint density at radius 1 is 1.19 bits per heavy atom. The van der Waals surface area contributed by atoms with Crippen LogP contribution < -0.4 is 10.6 Å². The number of guanidine groups is 1. The molecule has 0 aromatic heterocycles. The van der Waals surface area contributed by atoms with Crippen molar-refractivity contribution < 1.29 is 4.74 Å². The third-order valence-electron chi connectivity index (χ3n) is 4.82. The Labute approximate surface area is 183 Å². The molecule has 6 heteroatoms. The van der Waals surface area contributed by atoms with Gasteiger partial charge in [0.2, 0.25) is 0 Å². The Kier molecular flexibility index (Phi) is 8.86. The highest BCUT2D eigenvalue weighted by atomic mass is 127. The van der Waals surface area contributed by atoms with Crippen LogP contribution in [0.4, 0.5) is 0 Å². The normalized spacial score (nSPS) is 20.6. The van der Waals surface area contributed by atoms with Gasteiger partial charge in [0.15, 0.2) is 5.96 Å². The number of ether oxygens (including phenoxy) is 1. The molecule has 0 spiro atoms. The predicted octanol–water partition coefficient (Wildman–Crippen LogP) is 4.96. The molecule has 0 radical (unpaired) electrons. The fraction of sp³-hybridized carbons (Fsp3) is 0.381. The quantitative estimate of drug-likeness (QED) is 0.347. The molecule has 1 heterocycles. The van der Waals surface area contributed by atoms with Crippen LogP contribution in [0, 0.1) is 5.92 Å². The summed E-state index contributed by atoms with van der Waals surface area (Å²) in [4.78, 5) is 4.35. The van der Waals surface area contributed by atoms with E-state index in [1.165, 1.54) is 5.56 Å². The molecule has 2 N–H and O–H groups in total. The molecular weight excluding hydrogens is 473 g/mol. The molecule has 1 aliphatic heterocycles. The van der Waals surface area contributed by atoms with E-state index >= 15 is 0 Å². The number of halogens is 2. The SMILES string of the molecule is CN=C(NCC1CCOC1c1ccccc1)NC(C)c1ccccc1Cl.I. The van der Waals surface area contributed by atoms with E-state index in [9.17, 15) is 0 Å². The van der Waals surface area contributed by atoms with E-state index in [-0.39, 0.29) is 36.1 Å². The second-order valence-electron chi connectivity index (χ2n) is 6.59. The monoisotopic (exact) mass is 499 g/mol. The lowest BCUT2D eigenvalue weighted by molar-refractivity contribution is 0.0915. The lowest BCUT2D eigenvalue weighted by atomic mass is 9.95. The standard InChI is InChI=1S/C21H26ClN3O.HI/c1-15(18-10-6-7-11-19(18)22)25-21(23-2)24-14-17-12-13-26-20(17)16-8-4-3-5-9-16;/h3-11,15,17,20H,12-14H2,1-2H3,(H2,23,24,25);1H. The van der Waals surface area contributed by atoms with Gasteiger partial charge in [0, 0.05) is 31.1 Å². The highest BCUT2D eigenvalue weighted by Gasteiger charge is 2.29. The van der Waals surface area contributed by atoms with Crippen molar-refractivity contribution in [3.63, 3.8) is 0 Å². The van der Waals surface area contributed by atoms with E-state index in [1.807, 2.05) is 30.3 Å². The molecule has 2 aromatic carbocycles. The van der Waals surface area contributed by atoms with Crippen LogP contribution in [0.2, 0.25) is 5.02 Å². The molecule has 4 nitrogen and oxygen atoms in total. The molecule has 1 aliphatic rings. The van der Waals surface area contributed by atoms with E-state index < -0.39 is 0 Å². The van der Waals surface area contributed by atoms with E-state index in [2.05, 4.69) is 46.8 Å². The minimum absolute atomic E-state index is 0. The lowest BCUT2D eigenvalue weighted by Gasteiger charge is -2.23. The van der Waals surface area contributed by atoms with Gasteiger partial charge in [0.05, 0.1) is 12.1 Å². The first kappa shape index (κ1) is 22.0. The molecule has 0 saturated carbocycles. The van der Waals surface area contributed by atoms with Gasteiger partial charge in [0.1, 0.15) is 0 Å². The molecule has 3 unspecified atom stereocenters. The second-order valence-corrected chi connectivity index (χ2v) is 7.00. The Morgan fingerprint density at radius 2 is 1.89 bits per heavy atom. The van der Waals surface area contributed by atoms with Gasteiger partial charge in [-0.2, -0.15) is 0 Å². The van der Waals surface area contributed by atoms with Gasteiger partial charge in [0.25, 0.3) is 0 Å². The summed E-state index contributed by atoms with van der Waals surface area (Å²) in [6, 6.07) is 18.4. The molecule has 0 amide bonds. The molecule has 27 heavy (non-hydrogen) atoms. The maximum atomic E-state index is 6.30. The summed E-state index contributed by atoms with van der Waals surface area (Å²) in [5.41, 5.74) is 2.30. The van der Waals surface area contributed by atoms with Crippen molar-refractivity contribution in [3.05, 3.63) is 70.7 Å². The Hall–Kier alpha value is -1.31. The van der Waals surface area contributed by atoms with Crippen LogP contribution in [0.1, 0.15) is 36.6 Å². The number of nitrogens with one attached hydrogen (secondary N) is 2. The molecule has 1 fully saturated rings. The van der Waals surface area contributed by atoms with Crippen molar-refractivity contribution >= 4 is 41.5 Å². The van der Waals surface area contributed by atoms with Crippen LogP contribution in [0.3, 0.4) is 0 Å². The molecule has 0 aliphatic carbocycles. The first-order valence-corrected chi connectivity index (χ1v) is 9.45. The van der Waals surface area contributed by atoms with Gasteiger partial charge in [-0.1, -0.05) is 60.1 Å². The first-order valence-electron chi connectivity index (χ1n) is 9.07. The molecule has 3 atom stereocenters. The van der Waals surface area contributed by atoms with Gasteiger partial charge in [-0.05, 0) is 30.5 Å². The molecular formula is C21H27ClIN3O. The zero-order valence-corrected chi connectivity index (χ0v) is 18.8. The van der Waals surface area contributed by atoms with E-state index in [0.717, 1.165) is 36.1 Å². The second kappa shape index (κ2) is 10.9. The van der Waals surface area contributed by atoms with E-state index in [1.54, 1.807) is 7.05 Å². The number of hydrogen-bond acceptors (Lipinski definition) is 2. The van der Waals surface area contributed by atoms with Gasteiger partial charge >= 0.3 is 0 Å². The summed E-state index contributed by atoms with van der Waals surface area (Å²) in [6.07, 6.45) is 1.19. The van der Waals surface area contributed by atoms with Crippen LogP contribution in [0.25, 0.3) is 0 Å². The van der Waals surface area contributed by atoms with Crippen LogP contribution in [0.5, 0.6) is 0 Å². The van der Waals surface area contributed by atoms with Crippen molar-refractivity contribution in [1.82, 2.24) is 10.6 Å². The summed E-state index contributed by atoms with van der Waals surface area (Å²) in [6.45, 7) is 3.70. The summed E-state index contributed by atoms with van der Waals surface area (Å²) >= 11 is 6.30. The van der Waals surface area contributed by atoms with Crippen LogP contribution in [0.15, 0.2) is 59.6 Å². The molecule has 3 rings (SSSR count). The molecule has 146 valence electrons. The van der Waals surface area contributed by atoms with E-state index in [0.29, 0.717) is 5.92 Å². The van der Waals surface area contributed by atoms with Crippen LogP contribution in [-0.2, 0) is 4.74 Å². The summed E-state index contributed by atoms with van der Waals surface area (Å²) < 4.78 is 5.97. The van der Waals surface area contributed by atoms with Crippen molar-refractivity contribution in [2.75, 3.05) is 20.2 Å². The summed E-state index contributed by atoms with van der Waals surface area (Å²) in [7, 11) is 1.79. The first-order chi connectivity index (χ1) is 12.7. The highest BCUT2D eigenvalue weighted by Crippen LogP contribution is 2.33. The van der Waals surface area contributed by atoms with Crippen LogP contribution in [-0.4, -0.2) is 26.2 Å². The van der Waals surface area contributed by atoms with Crippen LogP contribution >= 0.6 is 35.6 Å². The van der Waals surface area contributed by atoms with Crippen molar-refractivity contribution in [2.24, 2.45) is 10.9 Å². The Balaban J connectivity index is 0.00000261. The Morgan fingerprint density at radius 3 is 2.59 bits per heavy atom. The smallest absolute Gasteiger partial charge is 0.191 e. The molecule has 2 aromatic rings. The van der Waals surface area contributed by atoms with Gasteiger partial charge in [-0.3, -0.25) is 4.99 Å². The number of nitrogens with zero attached hydrogens (tertiary/aromatic N) is 1. The number of aliphatic imine (C=N–C) groups is 1. The lowest BCUT2D eigenvalue weighted by Crippen LogP contribution is -2.41. The zero-order valence-electron chi connectivity index (χ0n) is 15.7. The molecule has 1 saturated heterocycles. The highest BCUT2D eigenvalue weighted by molar-refractivity contribution is 14.0. The Bertz CT molecular complexity index is 741. The maximum Gasteiger partial charge on any atom is 0.191 e. The van der Waals surface area contributed by atoms with Crippen molar-refractivity contribution in [3.8, 4) is 0 Å². The maximum absolute atomic E-state index is 6.30. The zero-order chi connectivity index (χ0) is 18.4. The minimum atomic E-state index is 0. The van der Waals surface area contributed by atoms with E-state index in [4.69, 9.17) is 16.3 Å². The van der Waals surface area contributed by atoms with Gasteiger partial charge < -0.3 is 15.4 Å². The minimum Gasteiger partial charge on any atom is -0.373 e. The van der Waals surface area contributed by atoms with Crippen molar-refractivity contribution in [2.45, 2.75) is 25.5 Å². The third kappa shape index (κ3) is 5.83. The largest absolute Gasteiger partial charge is 0.373 e. The fourth-order valence-electron chi connectivity index (χ4n) is 3.39. The van der Waals surface area contributed by atoms with Gasteiger partial charge in [-0.25, -0.2) is 0 Å². The fourth-order valence-corrected chi connectivity index (χ4v) is 3.68. The van der Waals surface area contributed by atoms with Gasteiger partial charge in [-0.15, -0.1) is 24.0 Å². The third-order valence-corrected chi connectivity index (χ3v) is 5.17. The average molecular weight is 500 g/mol. The topological polar surface area (TPSA) is 45.7 Å². The number of benzene rings is 2. The summed E-state index contributed by atoms with van der Waals surface area (Å²) in [5.74, 6) is 1.20. The summed E-state index contributed by atoms with van der Waals surface area (Å²) in [5, 5.41) is 7.62.